The molecule has 3 aromatic rings. The Morgan fingerprint density at radius 2 is 1.68 bits per heavy atom. The zero-order valence-electron chi connectivity index (χ0n) is 15.2. The monoisotopic (exact) mass is 396 g/mol. The number of aromatic nitrogens is 2. The van der Waals surface area contributed by atoms with E-state index in [4.69, 9.17) is 16.4 Å². The molecule has 0 saturated heterocycles. The van der Waals surface area contributed by atoms with Crippen LogP contribution in [0.2, 0.25) is 5.02 Å². The van der Waals surface area contributed by atoms with E-state index in [2.05, 4.69) is 5.16 Å². The van der Waals surface area contributed by atoms with Gasteiger partial charge in [-0.25, -0.2) is 4.79 Å². The fourth-order valence-corrected chi connectivity index (χ4v) is 3.27. The van der Waals surface area contributed by atoms with Gasteiger partial charge in [-0.15, -0.1) is 0 Å². The lowest BCUT2D eigenvalue weighted by Gasteiger charge is -2.25. The summed E-state index contributed by atoms with van der Waals surface area (Å²) in [4.78, 5) is 32.3. The molecule has 1 atom stereocenters. The summed E-state index contributed by atoms with van der Waals surface area (Å²) in [6.45, 7) is 0. The van der Waals surface area contributed by atoms with Gasteiger partial charge in [-0.2, -0.15) is 0 Å². The average molecular weight is 397 g/mol. The number of aryl methyl sites for hydroxylation is 1. The van der Waals surface area contributed by atoms with Gasteiger partial charge in [0.25, 0.3) is 5.56 Å². The Labute approximate surface area is 165 Å². The van der Waals surface area contributed by atoms with Crippen molar-refractivity contribution >= 4 is 23.1 Å². The molecule has 0 fully saturated rings. The molecule has 2 heterocycles. The minimum Gasteiger partial charge on any atom is -0.363 e. The van der Waals surface area contributed by atoms with Crippen molar-refractivity contribution in [2.75, 3.05) is 4.90 Å². The molecule has 1 aliphatic heterocycles. The maximum atomic E-state index is 12.8. The summed E-state index contributed by atoms with van der Waals surface area (Å²) in [6, 6.07) is 16.7. The summed E-state index contributed by atoms with van der Waals surface area (Å²) in [5.41, 5.74) is 1.06. The standard InChI is InChI=1S/C20H17ClN4O3/c1-23-12-16(18(26)24(2)20(23)27)19-25(15-6-4-3-5-7-15)17(22-28-19)13-8-10-14(21)11-9-13/h3-12,19H,1-2H3. The summed E-state index contributed by atoms with van der Waals surface area (Å²) < 4.78 is 2.41. The molecule has 1 unspecified atom stereocenters. The number of oxime groups is 1. The lowest BCUT2D eigenvalue weighted by atomic mass is 10.1. The third-order valence-corrected chi connectivity index (χ3v) is 4.83. The van der Waals surface area contributed by atoms with Crippen LogP contribution in [0.5, 0.6) is 0 Å². The number of nitrogens with zero attached hydrogens (tertiary/aromatic N) is 4. The van der Waals surface area contributed by atoms with E-state index in [0.29, 0.717) is 16.4 Å². The van der Waals surface area contributed by atoms with Crippen LogP contribution in [-0.2, 0) is 18.9 Å². The van der Waals surface area contributed by atoms with E-state index in [-0.39, 0.29) is 0 Å². The number of rotatable bonds is 3. The zero-order chi connectivity index (χ0) is 19.8. The van der Waals surface area contributed by atoms with Crippen molar-refractivity contribution in [1.29, 1.82) is 0 Å². The molecule has 0 aliphatic carbocycles. The molecule has 0 N–H and O–H groups in total. The summed E-state index contributed by atoms with van der Waals surface area (Å²) >= 11 is 6.01. The zero-order valence-corrected chi connectivity index (χ0v) is 16.0. The Morgan fingerprint density at radius 3 is 2.36 bits per heavy atom. The van der Waals surface area contributed by atoms with Gasteiger partial charge in [-0.1, -0.05) is 35.0 Å². The van der Waals surface area contributed by atoms with Gasteiger partial charge >= 0.3 is 5.69 Å². The number of hydrogen-bond donors (Lipinski definition) is 0. The molecule has 1 aromatic heterocycles. The van der Waals surface area contributed by atoms with Crippen molar-refractivity contribution < 1.29 is 4.84 Å². The summed E-state index contributed by atoms with van der Waals surface area (Å²) in [5.74, 6) is 0.545. The summed E-state index contributed by atoms with van der Waals surface area (Å²) in [6.07, 6.45) is 0.685. The number of halogens is 1. The third-order valence-electron chi connectivity index (χ3n) is 4.58. The van der Waals surface area contributed by atoms with Crippen LogP contribution in [0.1, 0.15) is 17.4 Å². The first-order valence-corrected chi connectivity index (χ1v) is 8.96. The highest BCUT2D eigenvalue weighted by Crippen LogP contribution is 2.33. The second-order valence-corrected chi connectivity index (χ2v) is 6.86. The van der Waals surface area contributed by atoms with Crippen molar-refractivity contribution in [3.05, 3.63) is 97.8 Å². The van der Waals surface area contributed by atoms with Crippen molar-refractivity contribution in [3.8, 4) is 0 Å². The second-order valence-electron chi connectivity index (χ2n) is 6.43. The average Bonchev–Trinajstić information content (AvgIpc) is 3.15. The van der Waals surface area contributed by atoms with E-state index in [0.717, 1.165) is 15.8 Å². The molecule has 0 saturated carbocycles. The van der Waals surface area contributed by atoms with E-state index in [1.54, 1.807) is 19.2 Å². The van der Waals surface area contributed by atoms with Gasteiger partial charge in [-0.3, -0.25) is 14.3 Å². The van der Waals surface area contributed by atoms with E-state index < -0.39 is 17.5 Å². The summed E-state index contributed by atoms with van der Waals surface area (Å²) in [5, 5.41) is 4.85. The SMILES string of the molecule is Cn1cc(C2ON=C(c3ccc(Cl)cc3)N2c2ccccc2)c(=O)n(C)c1=O. The van der Waals surface area contributed by atoms with Crippen molar-refractivity contribution in [2.24, 2.45) is 19.3 Å². The maximum absolute atomic E-state index is 12.8. The normalized spacial score (nSPS) is 16.0. The quantitative estimate of drug-likeness (QED) is 0.682. The number of anilines is 1. The third kappa shape index (κ3) is 2.99. The Balaban J connectivity index is 1.87. The Kier molecular flexibility index (Phi) is 4.52. The lowest BCUT2D eigenvalue weighted by molar-refractivity contribution is 0.0847. The number of amidine groups is 1. The van der Waals surface area contributed by atoms with E-state index in [1.807, 2.05) is 47.4 Å². The van der Waals surface area contributed by atoms with Gasteiger partial charge in [-0.05, 0) is 36.4 Å². The second kappa shape index (κ2) is 7.01. The molecule has 4 rings (SSSR count). The molecule has 0 amide bonds. The molecule has 28 heavy (non-hydrogen) atoms. The molecule has 8 heteroatoms. The Bertz CT molecular complexity index is 1170. The number of para-hydroxylation sites is 1. The minimum absolute atomic E-state index is 0.307. The lowest BCUT2D eigenvalue weighted by Crippen LogP contribution is -2.42. The Morgan fingerprint density at radius 1 is 1.00 bits per heavy atom. The van der Waals surface area contributed by atoms with Gasteiger partial charge in [0.2, 0.25) is 6.23 Å². The predicted molar refractivity (Wildman–Crippen MR) is 108 cm³/mol. The summed E-state index contributed by atoms with van der Waals surface area (Å²) in [7, 11) is 3.03. The van der Waals surface area contributed by atoms with Crippen LogP contribution in [0.3, 0.4) is 0 Å². The number of hydrogen-bond acceptors (Lipinski definition) is 5. The molecule has 0 spiro atoms. The van der Waals surface area contributed by atoms with E-state index >= 15 is 0 Å². The topological polar surface area (TPSA) is 68.8 Å². The van der Waals surface area contributed by atoms with Crippen LogP contribution in [0, 0.1) is 0 Å². The largest absolute Gasteiger partial charge is 0.363 e. The van der Waals surface area contributed by atoms with Crippen LogP contribution in [0.4, 0.5) is 5.69 Å². The fraction of sp³-hybridized carbons (Fsp3) is 0.150. The molecular weight excluding hydrogens is 380 g/mol. The van der Waals surface area contributed by atoms with Crippen LogP contribution in [0.15, 0.2) is 75.5 Å². The predicted octanol–water partition coefficient (Wildman–Crippen LogP) is 2.63. The van der Waals surface area contributed by atoms with Gasteiger partial charge in [0.1, 0.15) is 0 Å². The smallest absolute Gasteiger partial charge is 0.330 e. The first kappa shape index (κ1) is 18.1. The molecular formula is C20H17ClN4O3. The van der Waals surface area contributed by atoms with Crippen molar-refractivity contribution in [3.63, 3.8) is 0 Å². The highest BCUT2D eigenvalue weighted by atomic mass is 35.5. The molecule has 0 bridgehead atoms. The van der Waals surface area contributed by atoms with Crippen molar-refractivity contribution in [1.82, 2.24) is 9.13 Å². The maximum Gasteiger partial charge on any atom is 0.330 e. The van der Waals surface area contributed by atoms with Gasteiger partial charge in [0.05, 0.1) is 5.56 Å². The van der Waals surface area contributed by atoms with Gasteiger partial charge in [0, 0.05) is 36.6 Å². The first-order valence-electron chi connectivity index (χ1n) is 8.58. The molecule has 2 aromatic carbocycles. The van der Waals surface area contributed by atoms with Crippen molar-refractivity contribution in [2.45, 2.75) is 6.23 Å². The van der Waals surface area contributed by atoms with Crippen LogP contribution < -0.4 is 16.1 Å². The molecule has 142 valence electrons. The molecule has 1 aliphatic rings. The van der Waals surface area contributed by atoms with Crippen LogP contribution in [0.25, 0.3) is 0 Å². The molecule has 7 nitrogen and oxygen atoms in total. The van der Waals surface area contributed by atoms with E-state index in [9.17, 15) is 9.59 Å². The fourth-order valence-electron chi connectivity index (χ4n) is 3.14. The highest BCUT2D eigenvalue weighted by Gasteiger charge is 2.36. The van der Waals surface area contributed by atoms with Crippen LogP contribution >= 0.6 is 11.6 Å². The van der Waals surface area contributed by atoms with Gasteiger partial charge < -0.3 is 9.40 Å². The number of benzene rings is 2. The van der Waals surface area contributed by atoms with Crippen LogP contribution in [-0.4, -0.2) is 15.0 Å². The van der Waals surface area contributed by atoms with E-state index in [1.165, 1.54) is 17.8 Å². The first-order chi connectivity index (χ1) is 13.5. The van der Waals surface area contributed by atoms with Gasteiger partial charge in [0.15, 0.2) is 5.84 Å². The minimum atomic E-state index is -0.807. The highest BCUT2D eigenvalue weighted by molar-refractivity contribution is 6.30. The molecule has 0 radical (unpaired) electrons. The Hall–Kier alpha value is -3.32.